The van der Waals surface area contributed by atoms with Crippen molar-refractivity contribution in [3.05, 3.63) is 18.2 Å². The van der Waals surface area contributed by atoms with Crippen molar-refractivity contribution in [2.24, 2.45) is 0 Å². The molecule has 0 fully saturated rings. The second-order valence-electron chi connectivity index (χ2n) is 4.21. The van der Waals surface area contributed by atoms with Gasteiger partial charge in [0, 0.05) is 25.4 Å². The fraction of sp³-hybridized carbons (Fsp3) is 0.455. The van der Waals surface area contributed by atoms with Gasteiger partial charge in [-0.1, -0.05) is 6.42 Å². The summed E-state index contributed by atoms with van der Waals surface area (Å²) in [5, 5.41) is 10.0. The molecule has 0 radical (unpaired) electrons. The molecule has 0 amide bonds. The molecular formula is C11H14N6S. The predicted octanol–water partition coefficient (Wildman–Crippen LogP) is 1.53. The summed E-state index contributed by atoms with van der Waals surface area (Å²) >= 11 is 1.44. The third-order valence-electron chi connectivity index (χ3n) is 2.95. The Balaban J connectivity index is 1.89. The van der Waals surface area contributed by atoms with Crippen LogP contribution < -0.4 is 5.73 Å². The van der Waals surface area contributed by atoms with Crippen LogP contribution >= 0.6 is 11.8 Å². The van der Waals surface area contributed by atoms with Crippen LogP contribution in [0.25, 0.3) is 0 Å². The van der Waals surface area contributed by atoms with E-state index < -0.39 is 0 Å². The molecule has 0 atom stereocenters. The Morgan fingerprint density at radius 1 is 1.11 bits per heavy atom. The van der Waals surface area contributed by atoms with Crippen molar-refractivity contribution < 1.29 is 0 Å². The Bertz CT molecular complexity index is 552. The average molecular weight is 262 g/mol. The summed E-state index contributed by atoms with van der Waals surface area (Å²) in [5.41, 5.74) is 5.79. The van der Waals surface area contributed by atoms with Gasteiger partial charge >= 0.3 is 0 Å². The lowest BCUT2D eigenvalue weighted by Crippen LogP contribution is -2.03. The number of rotatable bonds is 2. The van der Waals surface area contributed by atoms with Crippen LogP contribution in [0.1, 0.15) is 25.1 Å². The lowest BCUT2D eigenvalue weighted by Gasteiger charge is -2.06. The molecule has 6 nitrogen and oxygen atoms in total. The maximum Gasteiger partial charge on any atom is 0.197 e. The van der Waals surface area contributed by atoms with Crippen molar-refractivity contribution in [3.8, 4) is 0 Å². The van der Waals surface area contributed by atoms with E-state index in [4.69, 9.17) is 5.73 Å². The third kappa shape index (κ3) is 2.17. The second kappa shape index (κ2) is 4.93. The first kappa shape index (κ1) is 11.5. The SMILES string of the molecule is Nc1nccnc1Sc1nnc2n1CCCCC2. The molecule has 0 bridgehead atoms. The smallest absolute Gasteiger partial charge is 0.197 e. The van der Waals surface area contributed by atoms with Gasteiger partial charge in [0.2, 0.25) is 0 Å². The van der Waals surface area contributed by atoms with Crippen LogP contribution in [0.5, 0.6) is 0 Å². The van der Waals surface area contributed by atoms with Crippen LogP contribution in [0.2, 0.25) is 0 Å². The molecule has 3 rings (SSSR count). The number of aryl methyl sites for hydroxylation is 1. The van der Waals surface area contributed by atoms with E-state index >= 15 is 0 Å². The van der Waals surface area contributed by atoms with Crippen molar-refractivity contribution >= 4 is 17.6 Å². The van der Waals surface area contributed by atoms with Crippen molar-refractivity contribution in [1.29, 1.82) is 0 Å². The molecule has 18 heavy (non-hydrogen) atoms. The minimum Gasteiger partial charge on any atom is -0.381 e. The highest BCUT2D eigenvalue weighted by molar-refractivity contribution is 7.99. The van der Waals surface area contributed by atoms with E-state index in [2.05, 4.69) is 24.7 Å². The molecule has 2 aromatic heterocycles. The Hall–Kier alpha value is -1.63. The van der Waals surface area contributed by atoms with Gasteiger partial charge in [0.05, 0.1) is 0 Å². The first-order valence-corrected chi connectivity index (χ1v) is 6.82. The predicted molar refractivity (Wildman–Crippen MR) is 68.1 cm³/mol. The van der Waals surface area contributed by atoms with Gasteiger partial charge < -0.3 is 10.3 Å². The monoisotopic (exact) mass is 262 g/mol. The summed E-state index contributed by atoms with van der Waals surface area (Å²) < 4.78 is 2.17. The van der Waals surface area contributed by atoms with Crippen molar-refractivity contribution in [1.82, 2.24) is 24.7 Å². The number of aromatic nitrogens is 5. The number of nitrogens with two attached hydrogens (primary N) is 1. The molecule has 0 unspecified atom stereocenters. The first-order valence-electron chi connectivity index (χ1n) is 6.01. The van der Waals surface area contributed by atoms with Crippen molar-refractivity contribution in [2.75, 3.05) is 5.73 Å². The van der Waals surface area contributed by atoms with Crippen molar-refractivity contribution in [3.63, 3.8) is 0 Å². The van der Waals surface area contributed by atoms with E-state index in [0.717, 1.165) is 23.9 Å². The topological polar surface area (TPSA) is 82.5 Å². The van der Waals surface area contributed by atoms with E-state index in [1.165, 1.54) is 31.0 Å². The van der Waals surface area contributed by atoms with Gasteiger partial charge in [-0.3, -0.25) is 0 Å². The van der Waals surface area contributed by atoms with Crippen LogP contribution in [0.15, 0.2) is 22.6 Å². The number of hydrogen-bond donors (Lipinski definition) is 1. The highest BCUT2D eigenvalue weighted by atomic mass is 32.2. The molecule has 1 aliphatic rings. The number of anilines is 1. The number of nitrogen functional groups attached to an aromatic ring is 1. The Kier molecular flexibility index (Phi) is 3.14. The largest absolute Gasteiger partial charge is 0.381 e. The first-order chi connectivity index (χ1) is 8.84. The Morgan fingerprint density at radius 3 is 2.89 bits per heavy atom. The molecule has 7 heteroatoms. The van der Waals surface area contributed by atoms with Gasteiger partial charge in [0.25, 0.3) is 0 Å². The summed E-state index contributed by atoms with van der Waals surface area (Å²) in [4.78, 5) is 8.25. The summed E-state index contributed by atoms with van der Waals surface area (Å²) in [5.74, 6) is 1.51. The zero-order valence-corrected chi connectivity index (χ0v) is 10.7. The van der Waals surface area contributed by atoms with Crippen LogP contribution in [-0.2, 0) is 13.0 Å². The second-order valence-corrected chi connectivity index (χ2v) is 5.17. The van der Waals surface area contributed by atoms with Gasteiger partial charge in [-0.15, -0.1) is 10.2 Å². The third-order valence-corrected chi connectivity index (χ3v) is 3.95. The zero-order chi connectivity index (χ0) is 12.4. The maximum absolute atomic E-state index is 5.79. The number of fused-ring (bicyclic) bond motifs is 1. The Morgan fingerprint density at radius 2 is 2.00 bits per heavy atom. The molecule has 0 saturated carbocycles. The molecule has 0 aromatic carbocycles. The normalized spacial score (nSPS) is 15.1. The molecule has 1 aliphatic heterocycles. The van der Waals surface area contributed by atoms with E-state index in [1.54, 1.807) is 12.4 Å². The molecule has 2 N–H and O–H groups in total. The summed E-state index contributed by atoms with van der Waals surface area (Å²) in [6.07, 6.45) is 7.84. The van der Waals surface area contributed by atoms with Crippen LogP contribution in [-0.4, -0.2) is 24.7 Å². The molecule has 94 valence electrons. The summed E-state index contributed by atoms with van der Waals surface area (Å²) in [6.45, 7) is 0.977. The standard InChI is InChI=1S/C11H14N6S/c12-9-10(14-6-5-13-9)18-11-16-15-8-4-2-1-3-7-17(8)11/h5-6H,1-4,7H2,(H2,12,13). The maximum atomic E-state index is 5.79. The lowest BCUT2D eigenvalue weighted by atomic mass is 10.2. The fourth-order valence-electron chi connectivity index (χ4n) is 2.03. The van der Waals surface area contributed by atoms with Gasteiger partial charge in [-0.2, -0.15) is 0 Å². The highest BCUT2D eigenvalue weighted by Gasteiger charge is 2.16. The molecule has 2 aromatic rings. The van der Waals surface area contributed by atoms with Crippen LogP contribution in [0.4, 0.5) is 5.82 Å². The van der Waals surface area contributed by atoms with E-state index in [9.17, 15) is 0 Å². The van der Waals surface area contributed by atoms with E-state index in [0.29, 0.717) is 10.8 Å². The summed E-state index contributed by atoms with van der Waals surface area (Å²) in [7, 11) is 0. The van der Waals surface area contributed by atoms with Gasteiger partial charge in [-0.05, 0) is 24.6 Å². The lowest BCUT2D eigenvalue weighted by molar-refractivity contribution is 0.590. The molecular weight excluding hydrogens is 248 g/mol. The van der Waals surface area contributed by atoms with Gasteiger partial charge in [-0.25, -0.2) is 9.97 Å². The molecule has 0 saturated heterocycles. The van der Waals surface area contributed by atoms with Gasteiger partial charge in [0.1, 0.15) is 10.9 Å². The molecule has 0 aliphatic carbocycles. The fourth-order valence-corrected chi connectivity index (χ4v) is 2.87. The number of hydrogen-bond acceptors (Lipinski definition) is 6. The minimum absolute atomic E-state index is 0.438. The molecule has 0 spiro atoms. The Labute approximate surface area is 109 Å². The van der Waals surface area contributed by atoms with E-state index in [-0.39, 0.29) is 0 Å². The van der Waals surface area contributed by atoms with Gasteiger partial charge in [0.15, 0.2) is 11.0 Å². The van der Waals surface area contributed by atoms with Crippen LogP contribution in [0.3, 0.4) is 0 Å². The molecule has 3 heterocycles. The average Bonchev–Trinajstić information content (AvgIpc) is 2.62. The minimum atomic E-state index is 0.438. The summed E-state index contributed by atoms with van der Waals surface area (Å²) in [6, 6.07) is 0. The number of nitrogens with zero attached hydrogens (tertiary/aromatic N) is 5. The zero-order valence-electron chi connectivity index (χ0n) is 9.91. The van der Waals surface area contributed by atoms with Crippen LogP contribution in [0, 0.1) is 0 Å². The van der Waals surface area contributed by atoms with E-state index in [1.807, 2.05) is 0 Å². The quantitative estimate of drug-likeness (QED) is 0.883. The van der Waals surface area contributed by atoms with Crippen molar-refractivity contribution in [2.45, 2.75) is 42.4 Å². The highest BCUT2D eigenvalue weighted by Crippen LogP contribution is 2.29.